The second kappa shape index (κ2) is 8.63. The van der Waals surface area contributed by atoms with Crippen LogP contribution in [-0.2, 0) is 4.74 Å². The van der Waals surface area contributed by atoms with Crippen LogP contribution in [0.5, 0.6) is 5.75 Å². The van der Waals surface area contributed by atoms with E-state index in [2.05, 4.69) is 5.32 Å². The predicted molar refractivity (Wildman–Crippen MR) is 81.7 cm³/mol. The van der Waals surface area contributed by atoms with Crippen molar-refractivity contribution in [3.63, 3.8) is 0 Å². The van der Waals surface area contributed by atoms with Gasteiger partial charge in [-0.3, -0.25) is 0 Å². The van der Waals surface area contributed by atoms with Gasteiger partial charge in [0.05, 0.1) is 21.7 Å². The van der Waals surface area contributed by atoms with Gasteiger partial charge in [0.15, 0.2) is 5.75 Å². The Morgan fingerprint density at radius 2 is 1.26 bits per heavy atom. The molecule has 19 heavy (non-hydrogen) atoms. The zero-order valence-electron chi connectivity index (χ0n) is 10.0. The fourth-order valence-corrected chi connectivity index (χ4v) is 2.47. The summed E-state index contributed by atoms with van der Waals surface area (Å²) in [5.74, 6) is 0.233. The summed E-state index contributed by atoms with van der Waals surface area (Å²) in [5.41, 5.74) is 0. The van der Waals surface area contributed by atoms with Gasteiger partial charge in [-0.05, 0) is 0 Å². The van der Waals surface area contributed by atoms with Gasteiger partial charge in [0.1, 0.15) is 16.7 Å². The van der Waals surface area contributed by atoms with Crippen molar-refractivity contribution < 1.29 is 9.47 Å². The molecule has 1 aromatic carbocycles. The minimum Gasteiger partial charge on any atom is -0.489 e. The zero-order chi connectivity index (χ0) is 14.4. The predicted octanol–water partition coefficient (Wildman–Crippen LogP) is 4.57. The molecule has 0 unspecified atom stereocenters. The monoisotopic (exact) mass is 365 g/mol. The topological polar surface area (TPSA) is 30.5 Å². The average Bonchev–Trinajstić information content (AvgIpc) is 2.41. The van der Waals surface area contributed by atoms with Crippen molar-refractivity contribution in [2.24, 2.45) is 0 Å². The standard InChI is InChI=1S/C11H12Cl5NO2/c1-18-4-2-17-3-5-19-11-9(15)7(13)6(12)8(14)10(11)16/h17H,2-5H2,1H3. The third-order valence-corrected chi connectivity index (χ3v) is 4.42. The van der Waals surface area contributed by atoms with Gasteiger partial charge in [-0.1, -0.05) is 58.0 Å². The number of benzene rings is 1. The first kappa shape index (κ1) is 17.4. The Hall–Kier alpha value is 0.390. The van der Waals surface area contributed by atoms with E-state index in [1.165, 1.54) is 0 Å². The lowest BCUT2D eigenvalue weighted by molar-refractivity contribution is 0.197. The molecular formula is C11H12Cl5NO2. The van der Waals surface area contributed by atoms with Crippen molar-refractivity contribution in [1.29, 1.82) is 0 Å². The molecule has 0 saturated heterocycles. The first-order chi connectivity index (χ1) is 9.00. The summed E-state index contributed by atoms with van der Waals surface area (Å²) in [7, 11) is 1.63. The molecule has 1 N–H and O–H groups in total. The molecule has 3 nitrogen and oxygen atoms in total. The Kier molecular flexibility index (Phi) is 7.92. The van der Waals surface area contributed by atoms with Crippen molar-refractivity contribution in [1.82, 2.24) is 5.32 Å². The first-order valence-corrected chi connectivity index (χ1v) is 7.23. The minimum atomic E-state index is 0.115. The average molecular weight is 367 g/mol. The molecule has 0 aliphatic rings. The highest BCUT2D eigenvalue weighted by atomic mass is 35.5. The fourth-order valence-electron chi connectivity index (χ4n) is 1.24. The highest BCUT2D eigenvalue weighted by Gasteiger charge is 2.20. The molecule has 0 atom stereocenters. The number of rotatable bonds is 7. The van der Waals surface area contributed by atoms with E-state index < -0.39 is 0 Å². The normalized spacial score (nSPS) is 10.8. The van der Waals surface area contributed by atoms with Crippen LogP contribution in [0, 0.1) is 0 Å². The summed E-state index contributed by atoms with van der Waals surface area (Å²) in [6.45, 7) is 2.31. The van der Waals surface area contributed by atoms with Crippen LogP contribution in [0.1, 0.15) is 0 Å². The summed E-state index contributed by atoms with van der Waals surface area (Å²) >= 11 is 29.7. The second-order valence-electron chi connectivity index (χ2n) is 3.49. The smallest absolute Gasteiger partial charge is 0.159 e. The van der Waals surface area contributed by atoms with Gasteiger partial charge in [0.25, 0.3) is 0 Å². The van der Waals surface area contributed by atoms with Crippen LogP contribution >= 0.6 is 58.0 Å². The van der Waals surface area contributed by atoms with Crippen molar-refractivity contribution in [3.8, 4) is 5.75 Å². The largest absolute Gasteiger partial charge is 0.489 e. The van der Waals surface area contributed by atoms with Crippen LogP contribution in [0.3, 0.4) is 0 Å². The van der Waals surface area contributed by atoms with E-state index in [-0.39, 0.29) is 30.9 Å². The molecule has 1 aromatic rings. The summed E-state index contributed by atoms with van der Waals surface area (Å²) in [6.07, 6.45) is 0. The third kappa shape index (κ3) is 4.71. The van der Waals surface area contributed by atoms with Gasteiger partial charge in [0, 0.05) is 20.2 Å². The van der Waals surface area contributed by atoms with Gasteiger partial charge >= 0.3 is 0 Å². The Labute approximate surface area is 137 Å². The van der Waals surface area contributed by atoms with Crippen LogP contribution < -0.4 is 10.1 Å². The number of hydrogen-bond acceptors (Lipinski definition) is 3. The molecule has 1 rings (SSSR count). The molecule has 8 heteroatoms. The molecule has 108 valence electrons. The van der Waals surface area contributed by atoms with Crippen molar-refractivity contribution in [2.75, 3.05) is 33.4 Å². The molecule has 0 bridgehead atoms. The van der Waals surface area contributed by atoms with Gasteiger partial charge < -0.3 is 14.8 Å². The summed E-state index contributed by atoms with van der Waals surface area (Å²) in [4.78, 5) is 0. The molecule has 0 spiro atoms. The van der Waals surface area contributed by atoms with Crippen LogP contribution in [0.2, 0.25) is 25.1 Å². The molecule has 0 fully saturated rings. The van der Waals surface area contributed by atoms with Crippen molar-refractivity contribution >= 4 is 58.0 Å². The van der Waals surface area contributed by atoms with Crippen LogP contribution in [0.15, 0.2) is 0 Å². The Morgan fingerprint density at radius 3 is 1.79 bits per heavy atom. The van der Waals surface area contributed by atoms with E-state index in [9.17, 15) is 0 Å². The molecule has 0 amide bonds. The highest BCUT2D eigenvalue weighted by molar-refractivity contribution is 6.55. The molecule has 0 aliphatic carbocycles. The number of methoxy groups -OCH3 is 1. The Bertz CT molecular complexity index is 413. The SMILES string of the molecule is COCCNCCOc1c(Cl)c(Cl)c(Cl)c(Cl)c1Cl. The fraction of sp³-hybridized carbons (Fsp3) is 0.455. The Morgan fingerprint density at radius 1 is 0.789 bits per heavy atom. The number of ether oxygens (including phenoxy) is 2. The highest BCUT2D eigenvalue weighted by Crippen LogP contribution is 2.48. The summed E-state index contributed by atoms with van der Waals surface area (Å²) in [5, 5.41) is 3.77. The van der Waals surface area contributed by atoms with Gasteiger partial charge in [-0.15, -0.1) is 0 Å². The Balaban J connectivity index is 2.64. The lowest BCUT2D eigenvalue weighted by Crippen LogP contribution is -2.24. The number of hydrogen-bond donors (Lipinski definition) is 1. The molecule has 0 heterocycles. The molecular weight excluding hydrogens is 355 g/mol. The number of nitrogens with one attached hydrogen (secondary N) is 1. The first-order valence-electron chi connectivity index (χ1n) is 5.34. The van der Waals surface area contributed by atoms with E-state index in [1.807, 2.05) is 0 Å². The van der Waals surface area contributed by atoms with E-state index >= 15 is 0 Å². The van der Waals surface area contributed by atoms with Crippen LogP contribution in [0.4, 0.5) is 0 Å². The van der Waals surface area contributed by atoms with E-state index in [0.29, 0.717) is 19.8 Å². The molecule has 0 aliphatic heterocycles. The van der Waals surface area contributed by atoms with Gasteiger partial charge in [-0.25, -0.2) is 0 Å². The van der Waals surface area contributed by atoms with Crippen molar-refractivity contribution in [3.05, 3.63) is 25.1 Å². The second-order valence-corrected chi connectivity index (χ2v) is 5.38. The van der Waals surface area contributed by atoms with Crippen molar-refractivity contribution in [2.45, 2.75) is 0 Å². The third-order valence-electron chi connectivity index (χ3n) is 2.18. The zero-order valence-corrected chi connectivity index (χ0v) is 13.8. The van der Waals surface area contributed by atoms with E-state index in [0.717, 1.165) is 6.54 Å². The summed E-state index contributed by atoms with van der Waals surface area (Å²) in [6, 6.07) is 0. The number of halogens is 5. The van der Waals surface area contributed by atoms with Gasteiger partial charge in [-0.2, -0.15) is 0 Å². The van der Waals surface area contributed by atoms with E-state index in [1.54, 1.807) is 7.11 Å². The molecule has 0 aromatic heterocycles. The van der Waals surface area contributed by atoms with Crippen LogP contribution in [0.25, 0.3) is 0 Å². The molecule has 0 radical (unpaired) electrons. The maximum atomic E-state index is 6.01. The molecule has 0 saturated carbocycles. The lowest BCUT2D eigenvalue weighted by Gasteiger charge is -2.13. The summed E-state index contributed by atoms with van der Waals surface area (Å²) < 4.78 is 10.4. The maximum absolute atomic E-state index is 6.01. The quantitative estimate of drug-likeness (QED) is 0.435. The van der Waals surface area contributed by atoms with Gasteiger partial charge in [0.2, 0.25) is 0 Å². The van der Waals surface area contributed by atoms with Crippen LogP contribution in [-0.4, -0.2) is 33.4 Å². The van der Waals surface area contributed by atoms with E-state index in [4.69, 9.17) is 67.5 Å². The maximum Gasteiger partial charge on any atom is 0.159 e. The minimum absolute atomic E-state index is 0.115. The lowest BCUT2D eigenvalue weighted by atomic mass is 10.3.